The predicted octanol–water partition coefficient (Wildman–Crippen LogP) is 2.91. The van der Waals surface area contributed by atoms with Crippen molar-refractivity contribution in [2.24, 2.45) is 0 Å². The van der Waals surface area contributed by atoms with E-state index in [9.17, 15) is 4.79 Å². The van der Waals surface area contributed by atoms with Gasteiger partial charge in [-0.1, -0.05) is 36.8 Å². The maximum Gasteiger partial charge on any atom is 0.303 e. The molecule has 0 saturated carbocycles. The lowest BCUT2D eigenvalue weighted by Gasteiger charge is -2.35. The number of rotatable bonds is 5. The molecule has 1 atom stereocenters. The van der Waals surface area contributed by atoms with Crippen molar-refractivity contribution in [1.29, 1.82) is 0 Å². The number of hydrogen-bond acceptors (Lipinski definition) is 2. The minimum Gasteiger partial charge on any atom is -0.481 e. The summed E-state index contributed by atoms with van der Waals surface area (Å²) in [6.45, 7) is 2.05. The Morgan fingerprint density at radius 3 is 2.78 bits per heavy atom. The van der Waals surface area contributed by atoms with E-state index in [1.165, 1.54) is 18.4 Å². The van der Waals surface area contributed by atoms with Gasteiger partial charge in [0.25, 0.3) is 0 Å². The normalized spacial score (nSPS) is 20.8. The minimum atomic E-state index is -0.680. The lowest BCUT2D eigenvalue weighted by molar-refractivity contribution is -0.137. The van der Waals surface area contributed by atoms with Gasteiger partial charge in [0.1, 0.15) is 0 Å². The molecule has 0 amide bonds. The number of hydrogen-bond donors (Lipinski definition) is 1. The van der Waals surface area contributed by atoms with Gasteiger partial charge in [0.05, 0.1) is 0 Å². The van der Waals surface area contributed by atoms with Crippen molar-refractivity contribution in [3.05, 3.63) is 35.9 Å². The highest BCUT2D eigenvalue weighted by Gasteiger charge is 2.22. The van der Waals surface area contributed by atoms with Crippen molar-refractivity contribution in [1.82, 2.24) is 4.90 Å². The third-order valence-corrected chi connectivity index (χ3v) is 3.67. The number of aliphatic carboxylic acids is 1. The third kappa shape index (κ3) is 3.84. The van der Waals surface area contributed by atoms with Crippen LogP contribution in [-0.2, 0) is 11.3 Å². The molecule has 1 fully saturated rings. The van der Waals surface area contributed by atoms with Gasteiger partial charge in [-0.05, 0) is 31.4 Å². The van der Waals surface area contributed by atoms with E-state index in [1.807, 2.05) is 6.07 Å². The highest BCUT2D eigenvalue weighted by atomic mass is 16.4. The summed E-state index contributed by atoms with van der Waals surface area (Å²) >= 11 is 0. The Morgan fingerprint density at radius 1 is 1.28 bits per heavy atom. The third-order valence-electron chi connectivity index (χ3n) is 3.67. The molecule has 1 aliphatic heterocycles. The molecule has 0 spiro atoms. The van der Waals surface area contributed by atoms with Gasteiger partial charge in [-0.2, -0.15) is 0 Å². The van der Waals surface area contributed by atoms with Crippen molar-refractivity contribution < 1.29 is 9.90 Å². The van der Waals surface area contributed by atoms with Crippen LogP contribution in [0, 0.1) is 0 Å². The monoisotopic (exact) mass is 247 g/mol. The van der Waals surface area contributed by atoms with Crippen molar-refractivity contribution >= 4 is 5.97 Å². The molecule has 0 aromatic heterocycles. The standard InChI is InChI=1S/C15H21NO2/c17-15(18)10-9-14-8-4-5-11-16(14)12-13-6-2-1-3-7-13/h1-3,6-7,14H,4-5,8-12H2,(H,17,18)/t14-/m0/s1. The maximum absolute atomic E-state index is 10.7. The van der Waals surface area contributed by atoms with Crippen LogP contribution in [0.3, 0.4) is 0 Å². The second-order valence-electron chi connectivity index (χ2n) is 5.04. The van der Waals surface area contributed by atoms with E-state index in [4.69, 9.17) is 5.11 Å². The zero-order chi connectivity index (χ0) is 12.8. The van der Waals surface area contributed by atoms with Crippen molar-refractivity contribution in [2.45, 2.75) is 44.7 Å². The van der Waals surface area contributed by atoms with Gasteiger partial charge in [0.2, 0.25) is 0 Å². The molecule has 1 N–H and O–H groups in total. The molecule has 1 aliphatic rings. The van der Waals surface area contributed by atoms with Gasteiger partial charge >= 0.3 is 5.97 Å². The quantitative estimate of drug-likeness (QED) is 0.869. The van der Waals surface area contributed by atoms with E-state index < -0.39 is 5.97 Å². The molecule has 0 unspecified atom stereocenters. The highest BCUT2D eigenvalue weighted by Crippen LogP contribution is 2.22. The van der Waals surface area contributed by atoms with Gasteiger partial charge in [-0.25, -0.2) is 0 Å². The second kappa shape index (κ2) is 6.55. The van der Waals surface area contributed by atoms with Crippen LogP contribution in [0.2, 0.25) is 0 Å². The van der Waals surface area contributed by atoms with E-state index in [-0.39, 0.29) is 6.42 Å². The Kier molecular flexibility index (Phi) is 4.76. The molecule has 1 heterocycles. The zero-order valence-corrected chi connectivity index (χ0v) is 10.7. The van der Waals surface area contributed by atoms with E-state index in [0.717, 1.165) is 25.9 Å². The van der Waals surface area contributed by atoms with Crippen molar-refractivity contribution in [2.75, 3.05) is 6.54 Å². The van der Waals surface area contributed by atoms with E-state index in [2.05, 4.69) is 29.2 Å². The number of piperidine rings is 1. The number of likely N-dealkylation sites (tertiary alicyclic amines) is 1. The zero-order valence-electron chi connectivity index (χ0n) is 10.7. The summed E-state index contributed by atoms with van der Waals surface area (Å²) in [5.41, 5.74) is 1.32. The molecule has 98 valence electrons. The van der Waals surface area contributed by atoms with E-state index in [0.29, 0.717) is 6.04 Å². The molecule has 2 rings (SSSR count). The molecule has 18 heavy (non-hydrogen) atoms. The maximum atomic E-state index is 10.7. The average molecular weight is 247 g/mol. The average Bonchev–Trinajstić information content (AvgIpc) is 2.39. The Labute approximate surface area is 108 Å². The van der Waals surface area contributed by atoms with E-state index in [1.54, 1.807) is 0 Å². The molecular weight excluding hydrogens is 226 g/mol. The topological polar surface area (TPSA) is 40.5 Å². The Morgan fingerprint density at radius 2 is 2.06 bits per heavy atom. The first kappa shape index (κ1) is 13.1. The molecule has 3 heteroatoms. The fourth-order valence-corrected chi connectivity index (χ4v) is 2.70. The van der Waals surface area contributed by atoms with Crippen LogP contribution in [0.15, 0.2) is 30.3 Å². The molecule has 1 saturated heterocycles. The molecule has 0 aliphatic carbocycles. The number of carboxylic acids is 1. The molecule has 1 aromatic rings. The van der Waals surface area contributed by atoms with Gasteiger partial charge < -0.3 is 5.11 Å². The summed E-state index contributed by atoms with van der Waals surface area (Å²) in [5, 5.41) is 8.80. The summed E-state index contributed by atoms with van der Waals surface area (Å²) in [6.07, 6.45) is 4.67. The summed E-state index contributed by atoms with van der Waals surface area (Å²) in [6, 6.07) is 10.9. The molecule has 1 aromatic carbocycles. The summed E-state index contributed by atoms with van der Waals surface area (Å²) in [4.78, 5) is 13.1. The number of carbonyl (C=O) groups is 1. The summed E-state index contributed by atoms with van der Waals surface area (Å²) in [7, 11) is 0. The molecule has 3 nitrogen and oxygen atoms in total. The molecular formula is C15H21NO2. The first-order valence-corrected chi connectivity index (χ1v) is 6.75. The number of carboxylic acid groups (broad SMARTS) is 1. The largest absolute Gasteiger partial charge is 0.481 e. The SMILES string of the molecule is O=C(O)CC[C@@H]1CCCCN1Cc1ccccc1. The van der Waals surface area contributed by atoms with Crippen molar-refractivity contribution in [3.8, 4) is 0 Å². The predicted molar refractivity (Wildman–Crippen MR) is 71.4 cm³/mol. The molecule has 0 radical (unpaired) electrons. The highest BCUT2D eigenvalue weighted by molar-refractivity contribution is 5.66. The van der Waals surface area contributed by atoms with Crippen LogP contribution >= 0.6 is 0 Å². The van der Waals surface area contributed by atoms with Gasteiger partial charge in [-0.15, -0.1) is 0 Å². The van der Waals surface area contributed by atoms with Gasteiger partial charge in [0, 0.05) is 19.0 Å². The first-order valence-electron chi connectivity index (χ1n) is 6.75. The first-order chi connectivity index (χ1) is 8.75. The number of nitrogens with zero attached hydrogens (tertiary/aromatic N) is 1. The van der Waals surface area contributed by atoms with Gasteiger partial charge in [0.15, 0.2) is 0 Å². The lowest BCUT2D eigenvalue weighted by Crippen LogP contribution is -2.39. The smallest absolute Gasteiger partial charge is 0.303 e. The van der Waals surface area contributed by atoms with Crippen LogP contribution in [0.25, 0.3) is 0 Å². The fraction of sp³-hybridized carbons (Fsp3) is 0.533. The van der Waals surface area contributed by atoms with Crippen LogP contribution in [0.1, 0.15) is 37.7 Å². The van der Waals surface area contributed by atoms with Crippen LogP contribution < -0.4 is 0 Å². The Bertz CT molecular complexity index is 377. The number of benzene rings is 1. The van der Waals surface area contributed by atoms with Crippen LogP contribution in [-0.4, -0.2) is 28.6 Å². The molecule has 0 bridgehead atoms. The second-order valence-corrected chi connectivity index (χ2v) is 5.04. The minimum absolute atomic E-state index is 0.288. The summed E-state index contributed by atoms with van der Waals surface area (Å²) < 4.78 is 0. The van der Waals surface area contributed by atoms with Crippen LogP contribution in [0.5, 0.6) is 0 Å². The van der Waals surface area contributed by atoms with Crippen molar-refractivity contribution in [3.63, 3.8) is 0 Å². The fourth-order valence-electron chi connectivity index (χ4n) is 2.70. The van der Waals surface area contributed by atoms with Crippen LogP contribution in [0.4, 0.5) is 0 Å². The Balaban J connectivity index is 1.93. The lowest BCUT2D eigenvalue weighted by atomic mass is 9.97. The van der Waals surface area contributed by atoms with Gasteiger partial charge in [-0.3, -0.25) is 9.69 Å². The van der Waals surface area contributed by atoms with E-state index >= 15 is 0 Å². The summed E-state index contributed by atoms with van der Waals surface area (Å²) in [5.74, 6) is -0.680. The Hall–Kier alpha value is -1.35.